The molecule has 0 radical (unpaired) electrons. The smallest absolute Gasteiger partial charge is 0.326 e. The van der Waals surface area contributed by atoms with E-state index in [1.165, 1.54) is 12.8 Å². The van der Waals surface area contributed by atoms with Crippen molar-refractivity contribution in [2.45, 2.75) is 31.2 Å². The lowest BCUT2D eigenvalue weighted by atomic mass is 9.94. The number of methoxy groups -OCH3 is 1. The van der Waals surface area contributed by atoms with Crippen molar-refractivity contribution >= 4 is 5.97 Å². The van der Waals surface area contributed by atoms with Gasteiger partial charge in [-0.2, -0.15) is 0 Å². The Hall–Kier alpha value is -0.610. The summed E-state index contributed by atoms with van der Waals surface area (Å²) in [6.45, 7) is 1.10. The molecule has 2 fully saturated rings. The summed E-state index contributed by atoms with van der Waals surface area (Å²) in [7, 11) is 1.57. The third-order valence-corrected chi connectivity index (χ3v) is 3.43. The Morgan fingerprint density at radius 2 is 2.13 bits per heavy atom. The molecular formula is C11H19NO3. The molecule has 4 nitrogen and oxygen atoms in total. The summed E-state index contributed by atoms with van der Waals surface area (Å²) < 4.78 is 5.08. The van der Waals surface area contributed by atoms with Crippen LogP contribution < -0.4 is 5.32 Å². The zero-order valence-electron chi connectivity index (χ0n) is 9.16. The molecule has 0 aromatic heterocycles. The minimum absolute atomic E-state index is 0.258. The summed E-state index contributed by atoms with van der Waals surface area (Å²) in [5.74, 6) is 0.195. The lowest BCUT2D eigenvalue weighted by Crippen LogP contribution is -2.58. The number of aliphatic carboxylic acids is 1. The van der Waals surface area contributed by atoms with E-state index < -0.39 is 11.5 Å². The van der Waals surface area contributed by atoms with Crippen LogP contribution in [0.3, 0.4) is 0 Å². The number of nitrogens with one attached hydrogen (secondary N) is 1. The molecular weight excluding hydrogens is 194 g/mol. The number of rotatable bonds is 7. The van der Waals surface area contributed by atoms with E-state index in [4.69, 9.17) is 4.74 Å². The summed E-state index contributed by atoms with van der Waals surface area (Å²) in [5, 5.41) is 12.6. The van der Waals surface area contributed by atoms with Gasteiger partial charge in [0.1, 0.15) is 5.54 Å². The number of carboxylic acid groups (broad SMARTS) is 1. The Balaban J connectivity index is 1.99. The lowest BCUT2D eigenvalue weighted by molar-refractivity contribution is -0.148. The van der Waals surface area contributed by atoms with E-state index in [0.29, 0.717) is 5.92 Å². The summed E-state index contributed by atoms with van der Waals surface area (Å²) in [5.41, 5.74) is -0.822. The van der Waals surface area contributed by atoms with E-state index in [-0.39, 0.29) is 12.5 Å². The van der Waals surface area contributed by atoms with Crippen molar-refractivity contribution in [3.63, 3.8) is 0 Å². The van der Waals surface area contributed by atoms with Crippen molar-refractivity contribution in [2.24, 2.45) is 11.8 Å². The Morgan fingerprint density at radius 3 is 2.53 bits per heavy atom. The predicted octanol–water partition coefficient (Wildman–Crippen LogP) is 0.866. The molecule has 2 rings (SSSR count). The first kappa shape index (κ1) is 10.9. The molecule has 0 aromatic rings. The molecule has 0 bridgehead atoms. The second-order valence-corrected chi connectivity index (χ2v) is 4.81. The maximum atomic E-state index is 11.4. The van der Waals surface area contributed by atoms with Gasteiger partial charge >= 0.3 is 5.97 Å². The topological polar surface area (TPSA) is 58.6 Å². The van der Waals surface area contributed by atoms with Gasteiger partial charge < -0.3 is 9.84 Å². The van der Waals surface area contributed by atoms with Crippen LogP contribution in [0.25, 0.3) is 0 Å². The van der Waals surface area contributed by atoms with E-state index in [1.54, 1.807) is 7.11 Å². The van der Waals surface area contributed by atoms with Crippen molar-refractivity contribution in [2.75, 3.05) is 20.3 Å². The van der Waals surface area contributed by atoms with Gasteiger partial charge in [-0.1, -0.05) is 0 Å². The van der Waals surface area contributed by atoms with Crippen LogP contribution in [0.15, 0.2) is 0 Å². The van der Waals surface area contributed by atoms with Gasteiger partial charge in [0.05, 0.1) is 6.61 Å². The molecule has 2 N–H and O–H groups in total. The predicted molar refractivity (Wildman–Crippen MR) is 55.7 cm³/mol. The van der Waals surface area contributed by atoms with Crippen molar-refractivity contribution < 1.29 is 14.6 Å². The largest absolute Gasteiger partial charge is 0.480 e. The van der Waals surface area contributed by atoms with Gasteiger partial charge in [0.2, 0.25) is 0 Å². The molecule has 4 heteroatoms. The number of ether oxygens (including phenoxy) is 1. The highest BCUT2D eigenvalue weighted by molar-refractivity contribution is 5.80. The monoisotopic (exact) mass is 213 g/mol. The minimum atomic E-state index is -0.822. The van der Waals surface area contributed by atoms with Gasteiger partial charge in [0, 0.05) is 7.11 Å². The van der Waals surface area contributed by atoms with Crippen LogP contribution in [0.2, 0.25) is 0 Å². The van der Waals surface area contributed by atoms with Crippen LogP contribution in [0, 0.1) is 11.8 Å². The highest BCUT2D eigenvalue weighted by atomic mass is 16.5. The van der Waals surface area contributed by atoms with E-state index in [9.17, 15) is 9.90 Å². The van der Waals surface area contributed by atoms with Crippen LogP contribution in [-0.2, 0) is 9.53 Å². The maximum Gasteiger partial charge on any atom is 0.326 e. The lowest BCUT2D eigenvalue weighted by Gasteiger charge is -2.30. The molecule has 2 aliphatic carbocycles. The molecule has 2 saturated carbocycles. The molecule has 0 aliphatic heterocycles. The van der Waals surface area contributed by atoms with Gasteiger partial charge in [-0.05, 0) is 44.1 Å². The second kappa shape index (κ2) is 4.10. The maximum absolute atomic E-state index is 11.4. The first-order chi connectivity index (χ1) is 7.19. The quantitative estimate of drug-likeness (QED) is 0.658. The zero-order chi connectivity index (χ0) is 10.9. The molecule has 1 unspecified atom stereocenters. The number of hydrogen-bond acceptors (Lipinski definition) is 3. The standard InChI is InChI=1S/C11H19NO3/c1-15-7-11(10(13)14,9-4-5-9)12-6-8-2-3-8/h8-9,12H,2-7H2,1H3,(H,13,14). The molecule has 0 aromatic carbocycles. The van der Waals surface area contributed by atoms with Gasteiger partial charge in [0.25, 0.3) is 0 Å². The van der Waals surface area contributed by atoms with Crippen molar-refractivity contribution in [3.8, 4) is 0 Å². The number of carboxylic acids is 1. The fraction of sp³-hybridized carbons (Fsp3) is 0.909. The fourth-order valence-electron chi connectivity index (χ4n) is 2.08. The average Bonchev–Trinajstić information content (AvgIpc) is 3.03. The molecule has 0 heterocycles. The SMILES string of the molecule is COCC(NCC1CC1)(C(=O)O)C1CC1. The highest BCUT2D eigenvalue weighted by Crippen LogP contribution is 2.41. The highest BCUT2D eigenvalue weighted by Gasteiger charge is 2.51. The number of hydrogen-bond donors (Lipinski definition) is 2. The van der Waals surface area contributed by atoms with E-state index in [1.807, 2.05) is 0 Å². The molecule has 0 saturated heterocycles. The zero-order valence-corrected chi connectivity index (χ0v) is 9.16. The van der Waals surface area contributed by atoms with E-state index in [2.05, 4.69) is 5.32 Å². The third-order valence-electron chi connectivity index (χ3n) is 3.43. The fourth-order valence-corrected chi connectivity index (χ4v) is 2.08. The second-order valence-electron chi connectivity index (χ2n) is 4.81. The molecule has 2 aliphatic rings. The van der Waals surface area contributed by atoms with Gasteiger partial charge in [-0.3, -0.25) is 10.1 Å². The summed E-state index contributed by atoms with van der Waals surface area (Å²) >= 11 is 0. The van der Waals surface area contributed by atoms with Gasteiger partial charge in [-0.25, -0.2) is 0 Å². The Labute approximate surface area is 90.0 Å². The third kappa shape index (κ3) is 2.32. The van der Waals surface area contributed by atoms with E-state index in [0.717, 1.165) is 19.4 Å². The first-order valence-electron chi connectivity index (χ1n) is 5.66. The summed E-state index contributed by atoms with van der Waals surface area (Å²) in [6.07, 6.45) is 4.49. The average molecular weight is 213 g/mol. The van der Waals surface area contributed by atoms with Crippen LogP contribution >= 0.6 is 0 Å². The van der Waals surface area contributed by atoms with E-state index >= 15 is 0 Å². The first-order valence-corrected chi connectivity index (χ1v) is 5.66. The Bertz CT molecular complexity index is 248. The summed E-state index contributed by atoms with van der Waals surface area (Å²) in [4.78, 5) is 11.4. The molecule has 86 valence electrons. The molecule has 0 amide bonds. The van der Waals surface area contributed by atoms with Crippen molar-refractivity contribution in [1.29, 1.82) is 0 Å². The van der Waals surface area contributed by atoms with Crippen LogP contribution in [0.4, 0.5) is 0 Å². The van der Waals surface area contributed by atoms with Crippen LogP contribution in [0.1, 0.15) is 25.7 Å². The van der Waals surface area contributed by atoms with Gasteiger partial charge in [-0.15, -0.1) is 0 Å². The molecule has 15 heavy (non-hydrogen) atoms. The minimum Gasteiger partial charge on any atom is -0.480 e. The Kier molecular flexibility index (Phi) is 2.98. The van der Waals surface area contributed by atoms with Crippen LogP contribution in [-0.4, -0.2) is 36.9 Å². The molecule has 0 spiro atoms. The Morgan fingerprint density at radius 1 is 1.47 bits per heavy atom. The number of carbonyl (C=O) groups is 1. The van der Waals surface area contributed by atoms with Crippen molar-refractivity contribution in [3.05, 3.63) is 0 Å². The van der Waals surface area contributed by atoms with Gasteiger partial charge in [0.15, 0.2) is 0 Å². The normalized spacial score (nSPS) is 24.9. The van der Waals surface area contributed by atoms with Crippen LogP contribution in [0.5, 0.6) is 0 Å². The summed E-state index contributed by atoms with van der Waals surface area (Å²) in [6, 6.07) is 0. The molecule has 1 atom stereocenters. The van der Waals surface area contributed by atoms with Crippen molar-refractivity contribution in [1.82, 2.24) is 5.32 Å².